The van der Waals surface area contributed by atoms with Gasteiger partial charge in [0.25, 0.3) is 0 Å². The zero-order valence-corrected chi connectivity index (χ0v) is 15.1. The summed E-state index contributed by atoms with van der Waals surface area (Å²) in [5.74, 6) is 2.32. The van der Waals surface area contributed by atoms with E-state index in [-0.39, 0.29) is 0 Å². The van der Waals surface area contributed by atoms with Gasteiger partial charge < -0.3 is 10.2 Å². The number of hydrogen-bond acceptors (Lipinski definition) is 4. The first kappa shape index (κ1) is 16.8. The fourth-order valence-electron chi connectivity index (χ4n) is 2.90. The number of aromatic nitrogens is 1. The monoisotopic (exact) mass is 309 g/mol. The summed E-state index contributed by atoms with van der Waals surface area (Å²) >= 11 is 1.90. The number of nitrogens with zero attached hydrogens (tertiary/aromatic N) is 2. The van der Waals surface area contributed by atoms with Crippen LogP contribution in [0.15, 0.2) is 0 Å². The van der Waals surface area contributed by atoms with Gasteiger partial charge in [0.2, 0.25) is 0 Å². The molecule has 4 heteroatoms. The number of aryl methyl sites for hydroxylation is 1. The van der Waals surface area contributed by atoms with Crippen LogP contribution < -0.4 is 10.2 Å². The highest BCUT2D eigenvalue weighted by Gasteiger charge is 2.27. The minimum absolute atomic E-state index is 0.702. The van der Waals surface area contributed by atoms with E-state index in [0.29, 0.717) is 5.92 Å². The maximum atomic E-state index is 4.91. The third kappa shape index (κ3) is 4.43. The molecule has 0 radical (unpaired) electrons. The van der Waals surface area contributed by atoms with E-state index < -0.39 is 0 Å². The lowest BCUT2D eigenvalue weighted by molar-refractivity contribution is 0.422. The third-order valence-electron chi connectivity index (χ3n) is 4.38. The first-order valence-electron chi connectivity index (χ1n) is 8.45. The van der Waals surface area contributed by atoms with Gasteiger partial charge in [0.15, 0.2) is 5.13 Å². The Morgan fingerprint density at radius 3 is 2.67 bits per heavy atom. The summed E-state index contributed by atoms with van der Waals surface area (Å²) in [6.45, 7) is 15.8. The molecule has 0 saturated carbocycles. The summed E-state index contributed by atoms with van der Waals surface area (Å²) in [6.07, 6.45) is 2.36. The zero-order valence-electron chi connectivity index (χ0n) is 14.3. The summed E-state index contributed by atoms with van der Waals surface area (Å²) in [5.41, 5.74) is 1.29. The van der Waals surface area contributed by atoms with Crippen LogP contribution >= 0.6 is 11.3 Å². The van der Waals surface area contributed by atoms with E-state index in [1.807, 2.05) is 11.3 Å². The number of hydrogen-bond donors (Lipinski definition) is 1. The van der Waals surface area contributed by atoms with Crippen molar-refractivity contribution >= 4 is 16.5 Å². The molecule has 21 heavy (non-hydrogen) atoms. The molecule has 120 valence electrons. The largest absolute Gasteiger partial charge is 0.348 e. The quantitative estimate of drug-likeness (QED) is 0.827. The van der Waals surface area contributed by atoms with Crippen molar-refractivity contribution in [2.45, 2.75) is 54.0 Å². The molecule has 1 atom stereocenters. The van der Waals surface area contributed by atoms with Gasteiger partial charge in [0, 0.05) is 24.5 Å². The molecule has 0 bridgehead atoms. The molecule has 2 heterocycles. The van der Waals surface area contributed by atoms with E-state index in [0.717, 1.165) is 31.3 Å². The smallest absolute Gasteiger partial charge is 0.185 e. The van der Waals surface area contributed by atoms with Gasteiger partial charge in [0.1, 0.15) is 0 Å². The van der Waals surface area contributed by atoms with E-state index in [4.69, 9.17) is 4.98 Å². The Bertz CT molecular complexity index is 439. The van der Waals surface area contributed by atoms with E-state index in [1.165, 1.54) is 35.2 Å². The molecule has 2 rings (SSSR count). The highest BCUT2D eigenvalue weighted by molar-refractivity contribution is 7.15. The van der Waals surface area contributed by atoms with Gasteiger partial charge in [-0.05, 0) is 37.1 Å². The molecule has 1 aliphatic rings. The second-order valence-corrected chi connectivity index (χ2v) is 8.05. The van der Waals surface area contributed by atoms with Crippen molar-refractivity contribution in [3.05, 3.63) is 10.6 Å². The van der Waals surface area contributed by atoms with Crippen LogP contribution in [0.25, 0.3) is 0 Å². The van der Waals surface area contributed by atoms with Gasteiger partial charge in [-0.1, -0.05) is 34.6 Å². The minimum Gasteiger partial charge on any atom is -0.348 e. The average molecular weight is 310 g/mol. The molecule has 0 amide bonds. The van der Waals surface area contributed by atoms with Crippen LogP contribution in [0.5, 0.6) is 0 Å². The molecule has 1 aromatic heterocycles. The van der Waals surface area contributed by atoms with Crippen molar-refractivity contribution in [2.24, 2.45) is 17.8 Å². The summed E-state index contributed by atoms with van der Waals surface area (Å²) < 4.78 is 0. The standard InChI is InChI=1S/C17H31N3S/c1-6-15-16(10-18-9-12(2)3)21-17(19-15)20-8-7-14(11-20)13(4)5/h12-14,18H,6-11H2,1-5H3. The van der Waals surface area contributed by atoms with E-state index >= 15 is 0 Å². The lowest BCUT2D eigenvalue weighted by Gasteiger charge is -2.16. The second-order valence-electron chi connectivity index (χ2n) is 6.98. The fourth-order valence-corrected chi connectivity index (χ4v) is 4.05. The lowest BCUT2D eigenvalue weighted by atomic mass is 9.95. The molecule has 1 aliphatic heterocycles. The molecule has 1 unspecified atom stereocenters. The van der Waals surface area contributed by atoms with E-state index in [2.05, 4.69) is 44.8 Å². The van der Waals surface area contributed by atoms with Crippen LogP contribution in [-0.2, 0) is 13.0 Å². The van der Waals surface area contributed by atoms with Crippen LogP contribution in [0.4, 0.5) is 5.13 Å². The average Bonchev–Trinajstić information content (AvgIpc) is 3.04. The molecule has 0 spiro atoms. The second kappa shape index (κ2) is 7.59. The molecule has 1 fully saturated rings. The molecular formula is C17H31N3S. The Hall–Kier alpha value is -0.610. The first-order chi connectivity index (χ1) is 10.0. The topological polar surface area (TPSA) is 28.2 Å². The normalized spacial score (nSPS) is 19.2. The van der Waals surface area contributed by atoms with Crippen molar-refractivity contribution < 1.29 is 0 Å². The van der Waals surface area contributed by atoms with E-state index in [1.54, 1.807) is 0 Å². The number of nitrogens with one attached hydrogen (secondary N) is 1. The van der Waals surface area contributed by atoms with Crippen LogP contribution in [-0.4, -0.2) is 24.6 Å². The maximum absolute atomic E-state index is 4.91. The SMILES string of the molecule is CCc1nc(N2CCC(C(C)C)C2)sc1CNCC(C)C. The summed E-state index contributed by atoms with van der Waals surface area (Å²) in [7, 11) is 0. The molecule has 1 N–H and O–H groups in total. The Labute approximate surface area is 134 Å². The number of thiazole rings is 1. The molecule has 0 aromatic carbocycles. The van der Waals surface area contributed by atoms with Crippen LogP contribution in [0.2, 0.25) is 0 Å². The Morgan fingerprint density at radius 1 is 1.33 bits per heavy atom. The predicted octanol–water partition coefficient (Wildman–Crippen LogP) is 3.93. The van der Waals surface area contributed by atoms with Gasteiger partial charge in [0.05, 0.1) is 5.69 Å². The van der Waals surface area contributed by atoms with Crippen LogP contribution in [0.1, 0.15) is 51.6 Å². The zero-order chi connectivity index (χ0) is 15.4. The van der Waals surface area contributed by atoms with Gasteiger partial charge in [-0.25, -0.2) is 4.98 Å². The highest BCUT2D eigenvalue weighted by atomic mass is 32.1. The molecular weight excluding hydrogens is 278 g/mol. The van der Waals surface area contributed by atoms with Gasteiger partial charge in [-0.3, -0.25) is 0 Å². The number of rotatable bonds is 7. The van der Waals surface area contributed by atoms with Crippen molar-refractivity contribution in [1.29, 1.82) is 0 Å². The van der Waals surface area contributed by atoms with Crippen LogP contribution in [0, 0.1) is 17.8 Å². The highest BCUT2D eigenvalue weighted by Crippen LogP contribution is 2.32. The minimum atomic E-state index is 0.702. The predicted molar refractivity (Wildman–Crippen MR) is 93.2 cm³/mol. The molecule has 1 aromatic rings. The van der Waals surface area contributed by atoms with Crippen molar-refractivity contribution in [3.8, 4) is 0 Å². The Morgan fingerprint density at radius 2 is 2.10 bits per heavy atom. The maximum Gasteiger partial charge on any atom is 0.185 e. The van der Waals surface area contributed by atoms with Crippen molar-refractivity contribution in [2.75, 3.05) is 24.5 Å². The molecule has 3 nitrogen and oxygen atoms in total. The number of anilines is 1. The Kier molecular flexibility index (Phi) is 6.06. The lowest BCUT2D eigenvalue weighted by Crippen LogP contribution is -2.20. The van der Waals surface area contributed by atoms with Gasteiger partial charge in [-0.2, -0.15) is 0 Å². The third-order valence-corrected chi connectivity index (χ3v) is 5.54. The fraction of sp³-hybridized carbons (Fsp3) is 0.824. The van der Waals surface area contributed by atoms with E-state index in [9.17, 15) is 0 Å². The van der Waals surface area contributed by atoms with Crippen LogP contribution in [0.3, 0.4) is 0 Å². The van der Waals surface area contributed by atoms with Gasteiger partial charge >= 0.3 is 0 Å². The summed E-state index contributed by atoms with van der Waals surface area (Å²) in [5, 5.41) is 4.81. The molecule has 0 aliphatic carbocycles. The summed E-state index contributed by atoms with van der Waals surface area (Å²) in [4.78, 5) is 8.84. The molecule has 1 saturated heterocycles. The van der Waals surface area contributed by atoms with Crippen molar-refractivity contribution in [3.63, 3.8) is 0 Å². The van der Waals surface area contributed by atoms with Gasteiger partial charge in [-0.15, -0.1) is 11.3 Å². The Balaban J connectivity index is 2.00. The summed E-state index contributed by atoms with van der Waals surface area (Å²) in [6, 6.07) is 0. The first-order valence-corrected chi connectivity index (χ1v) is 9.27. The van der Waals surface area contributed by atoms with Crippen molar-refractivity contribution in [1.82, 2.24) is 10.3 Å².